The van der Waals surface area contributed by atoms with E-state index in [0.29, 0.717) is 19.6 Å². The number of aryl methyl sites for hydroxylation is 1. The predicted octanol–water partition coefficient (Wildman–Crippen LogP) is 2.28. The number of carbonyl (C=O) groups is 1. The first-order valence-electron chi connectivity index (χ1n) is 6.41. The first-order valence-corrected chi connectivity index (χ1v) is 6.41. The predicted molar refractivity (Wildman–Crippen MR) is 77.2 cm³/mol. The lowest BCUT2D eigenvalue weighted by molar-refractivity contribution is 0.143. The largest absolute Gasteiger partial charge is 0.465 e. The summed E-state index contributed by atoms with van der Waals surface area (Å²) in [6.07, 6.45) is 1.46. The average Bonchev–Trinajstić information content (AvgIpc) is 2.39. The van der Waals surface area contributed by atoms with Crippen molar-refractivity contribution in [3.63, 3.8) is 0 Å². The Morgan fingerprint density at radius 1 is 1.53 bits per heavy atom. The summed E-state index contributed by atoms with van der Waals surface area (Å²) in [5, 5.41) is 9.11. The third-order valence-electron chi connectivity index (χ3n) is 3.20. The molecule has 104 valence electrons. The molecule has 0 saturated heterocycles. The van der Waals surface area contributed by atoms with Gasteiger partial charge in [0, 0.05) is 13.1 Å². The van der Waals surface area contributed by atoms with Crippen LogP contribution in [0.4, 0.5) is 4.79 Å². The van der Waals surface area contributed by atoms with E-state index in [4.69, 9.17) is 10.8 Å². The molecule has 0 aromatic heterocycles. The maximum atomic E-state index is 11.1. The fourth-order valence-corrected chi connectivity index (χ4v) is 2.07. The fraction of sp³-hybridized carbons (Fsp3) is 0.400. The van der Waals surface area contributed by atoms with Gasteiger partial charge in [-0.3, -0.25) is 0 Å². The molecule has 0 heterocycles. The Bertz CT molecular complexity index is 432. The molecule has 19 heavy (non-hydrogen) atoms. The lowest BCUT2D eigenvalue weighted by Crippen LogP contribution is -2.37. The van der Waals surface area contributed by atoms with Gasteiger partial charge in [-0.15, -0.1) is 6.58 Å². The van der Waals surface area contributed by atoms with E-state index >= 15 is 0 Å². The Labute approximate surface area is 114 Å². The highest BCUT2D eigenvalue weighted by molar-refractivity contribution is 5.65. The van der Waals surface area contributed by atoms with E-state index in [-0.39, 0.29) is 5.92 Å². The summed E-state index contributed by atoms with van der Waals surface area (Å²) in [4.78, 5) is 12.4. The highest BCUT2D eigenvalue weighted by Gasteiger charge is 2.17. The van der Waals surface area contributed by atoms with E-state index < -0.39 is 6.09 Å². The van der Waals surface area contributed by atoms with E-state index in [1.54, 1.807) is 6.08 Å². The molecule has 3 N–H and O–H groups in total. The van der Waals surface area contributed by atoms with E-state index in [2.05, 4.69) is 25.6 Å². The zero-order valence-corrected chi connectivity index (χ0v) is 11.4. The molecule has 0 aliphatic heterocycles. The number of hydrogen-bond donors (Lipinski definition) is 2. The van der Waals surface area contributed by atoms with Crippen molar-refractivity contribution in [2.75, 3.05) is 19.6 Å². The molecule has 0 fully saturated rings. The van der Waals surface area contributed by atoms with Gasteiger partial charge in [-0.2, -0.15) is 0 Å². The van der Waals surface area contributed by atoms with Crippen molar-refractivity contribution in [3.8, 4) is 0 Å². The summed E-state index contributed by atoms with van der Waals surface area (Å²) in [7, 11) is 0. The number of carboxylic acid groups (broad SMARTS) is 1. The Kier molecular flexibility index (Phi) is 6.09. The smallest absolute Gasteiger partial charge is 0.407 e. The maximum absolute atomic E-state index is 11.1. The van der Waals surface area contributed by atoms with Gasteiger partial charge in [0.2, 0.25) is 0 Å². The second kappa shape index (κ2) is 7.59. The standard InChI is InChI=1S/C15H22N2O2/c1-3-8-17(15(18)19)11-13(10-16)9-14-7-5-4-6-12(14)2/h3-7,13H,1,8-11,16H2,2H3,(H,18,19). The SMILES string of the molecule is C=CCN(CC(CN)Cc1ccccc1C)C(=O)O. The van der Waals surface area contributed by atoms with Gasteiger partial charge >= 0.3 is 6.09 Å². The Morgan fingerprint density at radius 2 is 2.21 bits per heavy atom. The van der Waals surface area contributed by atoms with Crippen LogP contribution in [0.2, 0.25) is 0 Å². The van der Waals surface area contributed by atoms with Gasteiger partial charge in [0.25, 0.3) is 0 Å². The third-order valence-corrected chi connectivity index (χ3v) is 3.20. The molecule has 0 saturated carbocycles. The molecule has 1 aromatic carbocycles. The number of hydrogen-bond acceptors (Lipinski definition) is 2. The molecule has 4 nitrogen and oxygen atoms in total. The van der Waals surface area contributed by atoms with Crippen molar-refractivity contribution in [1.29, 1.82) is 0 Å². The van der Waals surface area contributed by atoms with Crippen molar-refractivity contribution in [3.05, 3.63) is 48.0 Å². The first kappa shape index (κ1) is 15.2. The van der Waals surface area contributed by atoms with Crippen molar-refractivity contribution in [2.24, 2.45) is 11.7 Å². The quantitative estimate of drug-likeness (QED) is 0.741. The van der Waals surface area contributed by atoms with Crippen LogP contribution in [-0.2, 0) is 6.42 Å². The van der Waals surface area contributed by atoms with Gasteiger partial charge in [-0.25, -0.2) is 4.79 Å². The van der Waals surface area contributed by atoms with Crippen LogP contribution in [-0.4, -0.2) is 35.7 Å². The zero-order valence-electron chi connectivity index (χ0n) is 11.4. The van der Waals surface area contributed by atoms with Gasteiger partial charge in [0.1, 0.15) is 0 Å². The molecule has 1 rings (SSSR count). The van der Waals surface area contributed by atoms with Crippen LogP contribution in [0, 0.1) is 12.8 Å². The summed E-state index contributed by atoms with van der Waals surface area (Å²) in [5.41, 5.74) is 8.21. The van der Waals surface area contributed by atoms with Gasteiger partial charge in [-0.05, 0) is 36.9 Å². The minimum absolute atomic E-state index is 0.122. The second-order valence-corrected chi connectivity index (χ2v) is 4.71. The van der Waals surface area contributed by atoms with Crippen molar-refractivity contribution >= 4 is 6.09 Å². The Morgan fingerprint density at radius 3 is 2.74 bits per heavy atom. The molecule has 1 aromatic rings. The van der Waals surface area contributed by atoms with Crippen molar-refractivity contribution < 1.29 is 9.90 Å². The number of benzene rings is 1. The van der Waals surface area contributed by atoms with E-state index in [9.17, 15) is 4.79 Å². The topological polar surface area (TPSA) is 66.6 Å². The Hall–Kier alpha value is -1.81. The minimum Gasteiger partial charge on any atom is -0.465 e. The summed E-state index contributed by atoms with van der Waals surface area (Å²) >= 11 is 0. The van der Waals surface area contributed by atoms with Crippen LogP contribution in [0.15, 0.2) is 36.9 Å². The monoisotopic (exact) mass is 262 g/mol. The average molecular weight is 262 g/mol. The van der Waals surface area contributed by atoms with E-state index in [1.165, 1.54) is 16.0 Å². The molecule has 0 aliphatic rings. The molecule has 0 spiro atoms. The molecule has 4 heteroatoms. The number of amides is 1. The van der Waals surface area contributed by atoms with Crippen LogP contribution in [0.3, 0.4) is 0 Å². The first-order chi connectivity index (χ1) is 9.08. The molecular formula is C15H22N2O2. The molecule has 1 atom stereocenters. The lowest BCUT2D eigenvalue weighted by atomic mass is 9.96. The molecular weight excluding hydrogens is 240 g/mol. The highest BCUT2D eigenvalue weighted by Crippen LogP contribution is 2.14. The van der Waals surface area contributed by atoms with Crippen LogP contribution in [0.25, 0.3) is 0 Å². The van der Waals surface area contributed by atoms with Crippen LogP contribution in [0.1, 0.15) is 11.1 Å². The zero-order chi connectivity index (χ0) is 14.3. The molecule has 1 unspecified atom stereocenters. The third kappa shape index (κ3) is 4.75. The fourth-order valence-electron chi connectivity index (χ4n) is 2.07. The van der Waals surface area contributed by atoms with E-state index in [0.717, 1.165) is 6.42 Å². The van der Waals surface area contributed by atoms with Crippen molar-refractivity contribution in [1.82, 2.24) is 4.90 Å². The van der Waals surface area contributed by atoms with Gasteiger partial charge in [0.15, 0.2) is 0 Å². The highest BCUT2D eigenvalue weighted by atomic mass is 16.4. The number of nitrogens with two attached hydrogens (primary N) is 1. The normalized spacial score (nSPS) is 11.9. The van der Waals surface area contributed by atoms with Gasteiger partial charge in [0.05, 0.1) is 0 Å². The van der Waals surface area contributed by atoms with Crippen LogP contribution in [0.5, 0.6) is 0 Å². The molecule has 0 aliphatic carbocycles. The Balaban J connectivity index is 2.70. The maximum Gasteiger partial charge on any atom is 0.407 e. The summed E-state index contributed by atoms with van der Waals surface area (Å²) < 4.78 is 0. The van der Waals surface area contributed by atoms with Crippen LogP contribution < -0.4 is 5.73 Å². The summed E-state index contributed by atoms with van der Waals surface area (Å²) in [6.45, 7) is 6.87. The van der Waals surface area contributed by atoms with Crippen LogP contribution >= 0.6 is 0 Å². The molecule has 0 bridgehead atoms. The minimum atomic E-state index is -0.928. The number of nitrogens with zero attached hydrogens (tertiary/aromatic N) is 1. The van der Waals surface area contributed by atoms with E-state index in [1.807, 2.05) is 12.1 Å². The summed E-state index contributed by atoms with van der Waals surface area (Å²) in [5.74, 6) is 0.122. The van der Waals surface area contributed by atoms with Gasteiger partial charge in [-0.1, -0.05) is 30.3 Å². The molecule has 1 amide bonds. The second-order valence-electron chi connectivity index (χ2n) is 4.71. The molecule has 0 radical (unpaired) electrons. The number of rotatable bonds is 7. The lowest BCUT2D eigenvalue weighted by Gasteiger charge is -2.24. The van der Waals surface area contributed by atoms with Gasteiger partial charge < -0.3 is 15.7 Å². The summed E-state index contributed by atoms with van der Waals surface area (Å²) in [6, 6.07) is 8.12. The van der Waals surface area contributed by atoms with Crippen molar-refractivity contribution in [2.45, 2.75) is 13.3 Å².